The van der Waals surface area contributed by atoms with Crippen LogP contribution in [-0.2, 0) is 19.8 Å². The van der Waals surface area contributed by atoms with Crippen LogP contribution in [0.3, 0.4) is 0 Å². The van der Waals surface area contributed by atoms with Gasteiger partial charge in [-0.15, -0.1) is 6.58 Å². The molecule has 0 radical (unpaired) electrons. The summed E-state index contributed by atoms with van der Waals surface area (Å²) in [4.78, 5) is -0.0874. The molecule has 1 unspecified atom stereocenters. The van der Waals surface area contributed by atoms with E-state index in [1.807, 2.05) is 0 Å². The highest BCUT2D eigenvalue weighted by molar-refractivity contribution is 8.03. The molecule has 0 fully saturated rings. The maximum atomic E-state index is 13.3. The average Bonchev–Trinajstić information content (AvgIpc) is 2.60. The van der Waals surface area contributed by atoms with Gasteiger partial charge < -0.3 is 0 Å². The number of benzene rings is 2. The Hall–Kier alpha value is -2.13. The third-order valence-electron chi connectivity index (χ3n) is 3.54. The van der Waals surface area contributed by atoms with Crippen LogP contribution in [0.5, 0.6) is 0 Å². The monoisotopic (exact) mass is 403 g/mol. The zero-order valence-electron chi connectivity index (χ0n) is 13.5. The Kier molecular flexibility index (Phi) is 5.92. The van der Waals surface area contributed by atoms with Crippen LogP contribution in [0.4, 0.5) is 13.2 Å². The number of hydrogen-bond acceptors (Lipinski definition) is 3. The van der Waals surface area contributed by atoms with Crippen LogP contribution in [0.25, 0.3) is 0 Å². The molecule has 0 aromatic heterocycles. The number of rotatable bonds is 6. The molecule has 2 aromatic rings. The van der Waals surface area contributed by atoms with Crippen LogP contribution in [0.2, 0.25) is 0 Å². The van der Waals surface area contributed by atoms with E-state index in [1.54, 1.807) is 36.4 Å². The van der Waals surface area contributed by atoms with E-state index in [2.05, 4.69) is 10.3 Å². The topological polar surface area (TPSA) is 63.6 Å². The maximum Gasteiger partial charge on any atom is 0.519 e. The summed E-state index contributed by atoms with van der Waals surface area (Å²) >= 11 is 0. The Labute approximate surface area is 150 Å². The highest BCUT2D eigenvalue weighted by Crippen LogP contribution is 2.30. The molecule has 2 rings (SSSR count). The Morgan fingerprint density at radius 2 is 1.46 bits per heavy atom. The fourth-order valence-corrected chi connectivity index (χ4v) is 6.03. The van der Waals surface area contributed by atoms with Crippen molar-refractivity contribution in [2.24, 2.45) is 3.77 Å². The zero-order chi connectivity index (χ0) is 19.4. The smallest absolute Gasteiger partial charge is 0.244 e. The first-order valence-corrected chi connectivity index (χ1v) is 10.5. The second-order valence-electron chi connectivity index (χ2n) is 5.37. The first kappa shape index (κ1) is 20.2. The van der Waals surface area contributed by atoms with E-state index in [9.17, 15) is 25.8 Å². The molecule has 0 saturated carbocycles. The third kappa shape index (κ3) is 4.53. The van der Waals surface area contributed by atoms with Crippen molar-refractivity contribution in [1.82, 2.24) is 0 Å². The van der Waals surface area contributed by atoms with Gasteiger partial charge in [0.2, 0.25) is 0 Å². The van der Waals surface area contributed by atoms with Crippen LogP contribution in [-0.4, -0.2) is 23.9 Å². The molecule has 4 nitrogen and oxygen atoms in total. The highest BCUT2D eigenvalue weighted by Gasteiger charge is 2.47. The summed E-state index contributed by atoms with van der Waals surface area (Å²) in [5.74, 6) is -1.09. The van der Waals surface area contributed by atoms with Gasteiger partial charge in [0, 0.05) is 16.6 Å². The molecule has 0 heterocycles. The minimum absolute atomic E-state index is 0.0874. The van der Waals surface area contributed by atoms with Crippen molar-refractivity contribution in [3.05, 3.63) is 78.9 Å². The number of hydrogen-bond donors (Lipinski definition) is 0. The van der Waals surface area contributed by atoms with E-state index < -0.39 is 36.9 Å². The normalized spacial score (nSPS) is 15.7. The van der Waals surface area contributed by atoms with Crippen molar-refractivity contribution >= 4 is 19.8 Å². The molecular formula is C17H16F3NO3S2. The van der Waals surface area contributed by atoms with Crippen LogP contribution >= 0.6 is 0 Å². The Balaban J connectivity index is 2.63. The molecule has 0 aliphatic carbocycles. The quantitative estimate of drug-likeness (QED) is 0.675. The number of alkyl halides is 3. The van der Waals surface area contributed by atoms with Gasteiger partial charge in [0.25, 0.3) is 0 Å². The zero-order valence-corrected chi connectivity index (χ0v) is 15.1. The van der Waals surface area contributed by atoms with E-state index in [-0.39, 0.29) is 4.90 Å². The van der Waals surface area contributed by atoms with Gasteiger partial charge in [-0.1, -0.05) is 58.4 Å². The van der Waals surface area contributed by atoms with E-state index >= 15 is 0 Å². The minimum Gasteiger partial charge on any atom is -0.244 e. The molecule has 0 amide bonds. The molecule has 0 aliphatic heterocycles. The van der Waals surface area contributed by atoms with E-state index in [0.29, 0.717) is 5.56 Å². The van der Waals surface area contributed by atoms with Crippen LogP contribution in [0.1, 0.15) is 11.5 Å². The first-order valence-electron chi connectivity index (χ1n) is 7.39. The van der Waals surface area contributed by atoms with E-state index in [1.165, 1.54) is 30.3 Å². The Morgan fingerprint density at radius 1 is 0.962 bits per heavy atom. The van der Waals surface area contributed by atoms with Crippen molar-refractivity contribution in [2.75, 3.05) is 5.75 Å². The molecule has 140 valence electrons. The SMILES string of the molecule is C=C[C@H](CS(=O)(=NS(=O)(=O)C(F)(F)F)c1ccccc1)c1ccccc1. The second-order valence-corrected chi connectivity index (χ2v) is 9.46. The Morgan fingerprint density at radius 3 is 1.92 bits per heavy atom. The van der Waals surface area contributed by atoms with E-state index in [4.69, 9.17) is 0 Å². The van der Waals surface area contributed by atoms with Crippen molar-refractivity contribution in [3.8, 4) is 0 Å². The molecule has 0 N–H and O–H groups in total. The highest BCUT2D eigenvalue weighted by atomic mass is 32.3. The predicted octanol–water partition coefficient (Wildman–Crippen LogP) is 4.33. The number of halogens is 3. The van der Waals surface area contributed by atoms with Gasteiger partial charge in [-0.25, -0.2) is 4.21 Å². The fraction of sp³-hybridized carbons (Fsp3) is 0.176. The molecule has 0 spiro atoms. The third-order valence-corrected chi connectivity index (χ3v) is 7.69. The second kappa shape index (κ2) is 7.63. The summed E-state index contributed by atoms with van der Waals surface area (Å²) in [6, 6.07) is 15.6. The summed E-state index contributed by atoms with van der Waals surface area (Å²) in [6.07, 6.45) is 1.41. The van der Waals surface area contributed by atoms with Crippen molar-refractivity contribution in [3.63, 3.8) is 0 Å². The molecule has 0 bridgehead atoms. The summed E-state index contributed by atoms with van der Waals surface area (Å²) in [6.45, 7) is 3.62. The van der Waals surface area contributed by atoms with Gasteiger partial charge in [-0.05, 0) is 17.7 Å². The summed E-state index contributed by atoms with van der Waals surface area (Å²) < 4.78 is 77.6. The predicted molar refractivity (Wildman–Crippen MR) is 94.5 cm³/mol. The van der Waals surface area contributed by atoms with Gasteiger partial charge in [0.15, 0.2) is 0 Å². The number of nitrogens with zero attached hydrogens (tertiary/aromatic N) is 1. The fourth-order valence-electron chi connectivity index (χ4n) is 2.25. The minimum atomic E-state index is -5.92. The molecule has 2 atom stereocenters. The summed E-state index contributed by atoms with van der Waals surface area (Å²) in [5, 5.41) is 0. The van der Waals surface area contributed by atoms with Crippen molar-refractivity contribution < 1.29 is 25.8 Å². The lowest BCUT2D eigenvalue weighted by Gasteiger charge is -2.17. The molecule has 0 aliphatic rings. The molecule has 9 heteroatoms. The lowest BCUT2D eigenvalue weighted by Crippen LogP contribution is -2.24. The van der Waals surface area contributed by atoms with Gasteiger partial charge in [-0.2, -0.15) is 21.6 Å². The summed E-state index contributed by atoms with van der Waals surface area (Å²) in [5.41, 5.74) is -4.98. The van der Waals surface area contributed by atoms with Crippen molar-refractivity contribution in [1.29, 1.82) is 0 Å². The summed E-state index contributed by atoms with van der Waals surface area (Å²) in [7, 11) is -9.85. The number of allylic oxidation sites excluding steroid dienone is 1. The van der Waals surface area contributed by atoms with Gasteiger partial charge >= 0.3 is 15.5 Å². The standard InChI is InChI=1S/C17H16F3NO3S2/c1-2-14(15-9-5-3-6-10-15)13-25(22,16-11-7-4-8-12-16)21-26(23,24)17(18,19)20/h2-12,14H,1,13H2/t14-,25?/m1/s1. The average molecular weight is 403 g/mol. The van der Waals surface area contributed by atoms with Gasteiger partial charge in [-0.3, -0.25) is 0 Å². The van der Waals surface area contributed by atoms with Crippen molar-refractivity contribution in [2.45, 2.75) is 16.3 Å². The van der Waals surface area contributed by atoms with Crippen LogP contribution in [0, 0.1) is 0 Å². The number of sulfonamides is 1. The lowest BCUT2D eigenvalue weighted by molar-refractivity contribution is -0.0434. The van der Waals surface area contributed by atoms with Gasteiger partial charge in [0.1, 0.15) is 0 Å². The largest absolute Gasteiger partial charge is 0.519 e. The van der Waals surface area contributed by atoms with E-state index in [0.717, 1.165) is 0 Å². The van der Waals surface area contributed by atoms with Crippen LogP contribution in [0.15, 0.2) is 82.0 Å². The Bertz CT molecular complexity index is 979. The van der Waals surface area contributed by atoms with Crippen LogP contribution < -0.4 is 0 Å². The van der Waals surface area contributed by atoms with Gasteiger partial charge in [0.05, 0.1) is 9.73 Å². The molecule has 0 saturated heterocycles. The molecule has 2 aromatic carbocycles. The first-order chi connectivity index (χ1) is 12.1. The lowest BCUT2D eigenvalue weighted by atomic mass is 10.0. The molecule has 26 heavy (non-hydrogen) atoms. The maximum absolute atomic E-state index is 13.3. The molecular weight excluding hydrogens is 387 g/mol.